The van der Waals surface area contributed by atoms with Crippen LogP contribution in [0, 0.1) is 6.92 Å². The van der Waals surface area contributed by atoms with Gasteiger partial charge in [-0.1, -0.05) is 5.16 Å². The Bertz CT molecular complexity index is 710. The van der Waals surface area contributed by atoms with E-state index in [2.05, 4.69) is 35.4 Å². The molecule has 0 unspecified atom stereocenters. The summed E-state index contributed by atoms with van der Waals surface area (Å²) in [4.78, 5) is 20.2. The van der Waals surface area contributed by atoms with Crippen molar-refractivity contribution < 1.29 is 4.52 Å². The average molecular weight is 293 g/mol. The molecule has 10 heteroatoms. The number of aromatic nitrogens is 7. The zero-order valence-corrected chi connectivity index (χ0v) is 11.1. The van der Waals surface area contributed by atoms with Crippen molar-refractivity contribution in [1.82, 2.24) is 34.6 Å². The van der Waals surface area contributed by atoms with Crippen LogP contribution in [0.4, 0.5) is 5.95 Å². The van der Waals surface area contributed by atoms with Gasteiger partial charge in [0.15, 0.2) is 5.82 Å². The number of imidazole rings is 1. The average Bonchev–Trinajstić information content (AvgIpc) is 3.07. The number of nitrogens with zero attached hydrogens (tertiary/aromatic N) is 7. The molecule has 1 N–H and O–H groups in total. The van der Waals surface area contributed by atoms with Gasteiger partial charge in [0.25, 0.3) is 0 Å². The van der Waals surface area contributed by atoms with E-state index in [1.165, 1.54) is 0 Å². The summed E-state index contributed by atoms with van der Waals surface area (Å²) >= 11 is 5.87. The van der Waals surface area contributed by atoms with E-state index in [1.807, 2.05) is 0 Å². The van der Waals surface area contributed by atoms with E-state index in [1.54, 1.807) is 30.2 Å². The number of nitrogens with one attached hydrogen (secondary N) is 1. The molecule has 3 aromatic rings. The summed E-state index contributed by atoms with van der Waals surface area (Å²) in [5.41, 5.74) is 0. The summed E-state index contributed by atoms with van der Waals surface area (Å²) in [6, 6.07) is 0. The third kappa shape index (κ3) is 2.72. The molecule has 9 nitrogen and oxygen atoms in total. The first-order valence-corrected chi connectivity index (χ1v) is 6.01. The number of rotatable bonds is 4. The van der Waals surface area contributed by atoms with Crippen molar-refractivity contribution in [2.24, 2.45) is 0 Å². The molecule has 0 fully saturated rings. The van der Waals surface area contributed by atoms with Gasteiger partial charge >= 0.3 is 0 Å². The van der Waals surface area contributed by atoms with Crippen LogP contribution in [-0.4, -0.2) is 34.6 Å². The van der Waals surface area contributed by atoms with Gasteiger partial charge in [-0.2, -0.15) is 19.9 Å². The van der Waals surface area contributed by atoms with E-state index in [4.69, 9.17) is 16.1 Å². The van der Waals surface area contributed by atoms with Gasteiger partial charge in [-0.3, -0.25) is 4.57 Å². The maximum atomic E-state index is 5.87. The lowest BCUT2D eigenvalue weighted by atomic mass is 10.6. The second kappa shape index (κ2) is 5.21. The molecule has 0 radical (unpaired) electrons. The summed E-state index contributed by atoms with van der Waals surface area (Å²) in [6.45, 7) is 2.04. The Balaban J connectivity index is 1.79. The Kier molecular flexibility index (Phi) is 3.25. The Labute approximate surface area is 118 Å². The van der Waals surface area contributed by atoms with E-state index in [9.17, 15) is 0 Å². The highest BCUT2D eigenvalue weighted by Gasteiger charge is 2.08. The standard InChI is InChI=1S/C10H9ClN8O/c1-6-14-7(18-20-6)4-13-9-15-8(11)16-10(17-9)19-3-2-12-5-19/h2-3,5H,4H2,1H3,(H,13,15,16,17). The minimum atomic E-state index is 0.0792. The maximum Gasteiger partial charge on any atom is 0.241 e. The summed E-state index contributed by atoms with van der Waals surface area (Å²) in [7, 11) is 0. The second-order valence-electron chi connectivity index (χ2n) is 3.78. The highest BCUT2D eigenvalue weighted by molar-refractivity contribution is 6.28. The van der Waals surface area contributed by atoms with Gasteiger partial charge in [-0.15, -0.1) is 0 Å². The van der Waals surface area contributed by atoms with Gasteiger partial charge in [0.2, 0.25) is 23.1 Å². The highest BCUT2D eigenvalue weighted by atomic mass is 35.5. The van der Waals surface area contributed by atoms with Crippen LogP contribution in [0.3, 0.4) is 0 Å². The minimum absolute atomic E-state index is 0.0792. The van der Waals surface area contributed by atoms with Crippen LogP contribution in [0.1, 0.15) is 11.7 Å². The monoisotopic (exact) mass is 292 g/mol. The lowest BCUT2D eigenvalue weighted by molar-refractivity contribution is 0.388. The molecule has 0 aliphatic carbocycles. The van der Waals surface area contributed by atoms with Crippen LogP contribution in [0.25, 0.3) is 5.95 Å². The second-order valence-corrected chi connectivity index (χ2v) is 4.12. The first kappa shape index (κ1) is 12.5. The molecule has 0 aliphatic rings. The molecule has 3 heterocycles. The molecule has 0 atom stereocenters. The predicted octanol–water partition coefficient (Wildman–Crippen LogP) is 1.01. The Morgan fingerprint density at radius 2 is 2.20 bits per heavy atom. The molecular weight excluding hydrogens is 284 g/mol. The quantitative estimate of drug-likeness (QED) is 0.759. The molecule has 0 saturated heterocycles. The molecule has 102 valence electrons. The van der Waals surface area contributed by atoms with E-state index in [0.717, 1.165) is 0 Å². The smallest absolute Gasteiger partial charge is 0.241 e. The van der Waals surface area contributed by atoms with Crippen molar-refractivity contribution in [2.75, 3.05) is 5.32 Å². The highest BCUT2D eigenvalue weighted by Crippen LogP contribution is 2.10. The van der Waals surface area contributed by atoms with Gasteiger partial charge in [0.05, 0.1) is 6.54 Å². The number of hydrogen-bond donors (Lipinski definition) is 1. The van der Waals surface area contributed by atoms with Crippen molar-refractivity contribution in [3.63, 3.8) is 0 Å². The molecule has 3 rings (SSSR count). The van der Waals surface area contributed by atoms with Gasteiger partial charge in [0.1, 0.15) is 6.33 Å². The first-order valence-electron chi connectivity index (χ1n) is 5.63. The van der Waals surface area contributed by atoms with Gasteiger partial charge in [-0.25, -0.2) is 4.98 Å². The van der Waals surface area contributed by atoms with Crippen LogP contribution in [-0.2, 0) is 6.54 Å². The molecule has 0 spiro atoms. The van der Waals surface area contributed by atoms with Crippen molar-refractivity contribution >= 4 is 17.5 Å². The molecule has 0 amide bonds. The summed E-state index contributed by atoms with van der Waals surface area (Å²) in [5.74, 6) is 1.68. The summed E-state index contributed by atoms with van der Waals surface area (Å²) < 4.78 is 6.49. The summed E-state index contributed by atoms with van der Waals surface area (Å²) in [5, 5.41) is 6.79. The molecular formula is C10H9ClN8O. The number of halogens is 1. The van der Waals surface area contributed by atoms with Crippen LogP contribution < -0.4 is 5.32 Å². The van der Waals surface area contributed by atoms with Gasteiger partial charge in [-0.05, 0) is 11.6 Å². The van der Waals surface area contributed by atoms with Crippen molar-refractivity contribution in [3.05, 3.63) is 35.7 Å². The van der Waals surface area contributed by atoms with Crippen molar-refractivity contribution in [3.8, 4) is 5.95 Å². The third-order valence-corrected chi connectivity index (χ3v) is 2.47. The van der Waals surface area contributed by atoms with E-state index in [-0.39, 0.29) is 5.28 Å². The zero-order chi connectivity index (χ0) is 13.9. The maximum absolute atomic E-state index is 5.87. The fourth-order valence-corrected chi connectivity index (χ4v) is 1.64. The summed E-state index contributed by atoms with van der Waals surface area (Å²) in [6.07, 6.45) is 4.89. The van der Waals surface area contributed by atoms with E-state index < -0.39 is 0 Å². The number of aryl methyl sites for hydroxylation is 1. The van der Waals surface area contributed by atoms with Crippen LogP contribution in [0.15, 0.2) is 23.2 Å². The van der Waals surface area contributed by atoms with Crippen LogP contribution in [0.5, 0.6) is 0 Å². The third-order valence-electron chi connectivity index (χ3n) is 2.31. The number of hydrogen-bond acceptors (Lipinski definition) is 8. The fraction of sp³-hybridized carbons (Fsp3) is 0.200. The van der Waals surface area contributed by atoms with E-state index >= 15 is 0 Å². The Morgan fingerprint density at radius 3 is 2.90 bits per heavy atom. The van der Waals surface area contributed by atoms with E-state index in [0.29, 0.717) is 30.2 Å². The van der Waals surface area contributed by atoms with Gasteiger partial charge in [0, 0.05) is 19.3 Å². The van der Waals surface area contributed by atoms with Gasteiger partial charge < -0.3 is 9.84 Å². The van der Waals surface area contributed by atoms with Crippen molar-refractivity contribution in [2.45, 2.75) is 13.5 Å². The largest absolute Gasteiger partial charge is 0.347 e. The number of anilines is 1. The predicted molar refractivity (Wildman–Crippen MR) is 68.3 cm³/mol. The first-order chi connectivity index (χ1) is 9.70. The SMILES string of the molecule is Cc1nc(CNc2nc(Cl)nc(-n3ccnc3)n2)no1. The van der Waals surface area contributed by atoms with Crippen LogP contribution in [0.2, 0.25) is 5.28 Å². The lowest BCUT2D eigenvalue weighted by Crippen LogP contribution is -2.09. The molecule has 20 heavy (non-hydrogen) atoms. The molecule has 0 aromatic carbocycles. The Morgan fingerprint density at radius 1 is 1.30 bits per heavy atom. The molecule has 3 aromatic heterocycles. The fourth-order valence-electron chi connectivity index (χ4n) is 1.48. The lowest BCUT2D eigenvalue weighted by Gasteiger charge is -2.05. The van der Waals surface area contributed by atoms with Crippen molar-refractivity contribution in [1.29, 1.82) is 0 Å². The normalized spacial score (nSPS) is 10.7. The molecule has 0 saturated carbocycles. The molecule has 0 aliphatic heterocycles. The Hall–Kier alpha value is -2.55. The minimum Gasteiger partial charge on any atom is -0.347 e. The zero-order valence-electron chi connectivity index (χ0n) is 10.4. The molecule has 0 bridgehead atoms. The van der Waals surface area contributed by atoms with Crippen LogP contribution >= 0.6 is 11.6 Å². The topological polar surface area (TPSA) is 107 Å².